The standard InChI is InChI=1S/C22H23N3O4/c1-14-20(17-10-6-7-11-18(17)24-14)21(27)15(2)29-19(26)12-13-23-22(28)25-16-8-4-3-5-9-16/h3-11,15,24H,12-13H2,1-2H3,(H2,23,25,28)/t15-/m1/s1. The minimum absolute atomic E-state index is 0.0350. The van der Waals surface area contributed by atoms with E-state index in [1.807, 2.05) is 37.3 Å². The Morgan fingerprint density at radius 3 is 2.48 bits per heavy atom. The first kappa shape index (κ1) is 20.1. The van der Waals surface area contributed by atoms with Crippen LogP contribution in [-0.4, -0.2) is 35.4 Å². The number of urea groups is 1. The molecular formula is C22H23N3O4. The summed E-state index contributed by atoms with van der Waals surface area (Å²) in [4.78, 5) is 39.8. The Labute approximate surface area is 168 Å². The van der Waals surface area contributed by atoms with Gasteiger partial charge in [-0.15, -0.1) is 0 Å². The number of hydrogen-bond acceptors (Lipinski definition) is 4. The van der Waals surface area contributed by atoms with Crippen molar-refractivity contribution in [1.82, 2.24) is 10.3 Å². The van der Waals surface area contributed by atoms with E-state index in [9.17, 15) is 14.4 Å². The molecule has 0 fully saturated rings. The Kier molecular flexibility index (Phi) is 6.29. The number of H-pyrrole nitrogens is 1. The van der Waals surface area contributed by atoms with E-state index in [1.54, 1.807) is 31.2 Å². The molecule has 7 nitrogen and oxygen atoms in total. The number of esters is 1. The summed E-state index contributed by atoms with van der Waals surface area (Å²) in [5.74, 6) is -0.813. The Bertz CT molecular complexity index is 1030. The zero-order valence-electron chi connectivity index (χ0n) is 16.3. The smallest absolute Gasteiger partial charge is 0.319 e. The summed E-state index contributed by atoms with van der Waals surface area (Å²) in [6, 6.07) is 16.1. The number of anilines is 1. The quantitative estimate of drug-likeness (QED) is 0.420. The van der Waals surface area contributed by atoms with Gasteiger partial charge in [-0.25, -0.2) is 4.79 Å². The number of nitrogens with one attached hydrogen (secondary N) is 3. The maximum absolute atomic E-state index is 12.8. The lowest BCUT2D eigenvalue weighted by Crippen LogP contribution is -2.32. The first-order valence-corrected chi connectivity index (χ1v) is 9.36. The van der Waals surface area contributed by atoms with Crippen LogP contribution >= 0.6 is 0 Å². The molecule has 150 valence electrons. The van der Waals surface area contributed by atoms with Gasteiger partial charge in [0.05, 0.1) is 6.42 Å². The van der Waals surface area contributed by atoms with Crippen molar-refractivity contribution >= 4 is 34.4 Å². The minimum Gasteiger partial charge on any atom is -0.454 e. The molecule has 29 heavy (non-hydrogen) atoms. The number of para-hydroxylation sites is 2. The molecule has 0 saturated heterocycles. The fourth-order valence-electron chi connectivity index (χ4n) is 3.08. The number of amides is 2. The van der Waals surface area contributed by atoms with Gasteiger partial charge in [-0.3, -0.25) is 9.59 Å². The molecule has 1 aromatic heterocycles. The molecule has 0 aliphatic carbocycles. The molecule has 0 spiro atoms. The van der Waals surface area contributed by atoms with Crippen LogP contribution in [0, 0.1) is 6.92 Å². The predicted molar refractivity (Wildman–Crippen MR) is 111 cm³/mol. The van der Waals surface area contributed by atoms with E-state index in [0.29, 0.717) is 11.3 Å². The van der Waals surface area contributed by atoms with Crippen LogP contribution in [-0.2, 0) is 9.53 Å². The largest absolute Gasteiger partial charge is 0.454 e. The van der Waals surface area contributed by atoms with Gasteiger partial charge in [-0.05, 0) is 32.0 Å². The van der Waals surface area contributed by atoms with E-state index in [4.69, 9.17) is 4.74 Å². The van der Waals surface area contributed by atoms with Crippen LogP contribution in [0.1, 0.15) is 29.4 Å². The Hall–Kier alpha value is -3.61. The molecule has 0 aliphatic rings. The molecule has 0 unspecified atom stereocenters. The predicted octanol–water partition coefficient (Wildman–Crippen LogP) is 3.80. The number of ketones is 1. The zero-order valence-corrected chi connectivity index (χ0v) is 16.3. The first-order valence-electron chi connectivity index (χ1n) is 9.36. The molecule has 3 rings (SSSR count). The van der Waals surface area contributed by atoms with Crippen molar-refractivity contribution in [3.05, 3.63) is 65.9 Å². The van der Waals surface area contributed by atoms with E-state index in [-0.39, 0.29) is 18.7 Å². The molecule has 3 N–H and O–H groups in total. The summed E-state index contributed by atoms with van der Waals surface area (Å²) in [6.45, 7) is 3.47. The van der Waals surface area contributed by atoms with Crippen molar-refractivity contribution < 1.29 is 19.1 Å². The van der Waals surface area contributed by atoms with Gasteiger partial charge in [0.2, 0.25) is 5.78 Å². The van der Waals surface area contributed by atoms with Gasteiger partial charge in [-0.2, -0.15) is 0 Å². The van der Waals surface area contributed by atoms with Crippen LogP contribution in [0.4, 0.5) is 10.5 Å². The van der Waals surface area contributed by atoms with Crippen molar-refractivity contribution in [1.29, 1.82) is 0 Å². The molecule has 2 amide bonds. The van der Waals surface area contributed by atoms with E-state index in [0.717, 1.165) is 16.6 Å². The number of rotatable bonds is 7. The minimum atomic E-state index is -0.918. The second kappa shape index (κ2) is 9.05. The van der Waals surface area contributed by atoms with Crippen LogP contribution in [0.5, 0.6) is 0 Å². The number of carbonyl (C=O) groups excluding carboxylic acids is 3. The van der Waals surface area contributed by atoms with Crippen LogP contribution in [0.25, 0.3) is 10.9 Å². The van der Waals surface area contributed by atoms with Crippen LogP contribution in [0.2, 0.25) is 0 Å². The highest BCUT2D eigenvalue weighted by atomic mass is 16.5. The number of benzene rings is 2. The number of Topliss-reactive ketones (excluding diaryl/α,β-unsaturated/α-hetero) is 1. The highest BCUT2D eigenvalue weighted by Crippen LogP contribution is 2.23. The van der Waals surface area contributed by atoms with Crippen LogP contribution < -0.4 is 10.6 Å². The third kappa shape index (κ3) is 5.01. The summed E-state index contributed by atoms with van der Waals surface area (Å²) in [7, 11) is 0. The molecule has 0 radical (unpaired) electrons. The molecular weight excluding hydrogens is 370 g/mol. The third-order valence-corrected chi connectivity index (χ3v) is 4.46. The number of aryl methyl sites for hydroxylation is 1. The summed E-state index contributed by atoms with van der Waals surface area (Å²) < 4.78 is 5.27. The van der Waals surface area contributed by atoms with E-state index < -0.39 is 18.1 Å². The van der Waals surface area contributed by atoms with Gasteiger partial charge >= 0.3 is 12.0 Å². The Morgan fingerprint density at radius 1 is 1.03 bits per heavy atom. The molecule has 0 aliphatic heterocycles. The van der Waals surface area contributed by atoms with Crippen molar-refractivity contribution in [3.8, 4) is 0 Å². The summed E-state index contributed by atoms with van der Waals surface area (Å²) in [5, 5.41) is 6.04. The van der Waals surface area contributed by atoms with Gasteiger partial charge in [0.25, 0.3) is 0 Å². The van der Waals surface area contributed by atoms with E-state index in [1.165, 1.54) is 0 Å². The number of aromatic amines is 1. The van der Waals surface area contributed by atoms with Crippen molar-refractivity contribution in [3.63, 3.8) is 0 Å². The normalized spacial score (nSPS) is 11.7. The number of ether oxygens (including phenoxy) is 1. The topological polar surface area (TPSA) is 100 Å². The summed E-state index contributed by atoms with van der Waals surface area (Å²) >= 11 is 0. The van der Waals surface area contributed by atoms with Gasteiger partial charge in [0.15, 0.2) is 6.10 Å². The first-order chi connectivity index (χ1) is 14.0. The number of hydrogen-bond donors (Lipinski definition) is 3. The molecule has 0 bridgehead atoms. The van der Waals surface area contributed by atoms with Crippen LogP contribution in [0.3, 0.4) is 0 Å². The van der Waals surface area contributed by atoms with Gasteiger partial charge < -0.3 is 20.4 Å². The van der Waals surface area contributed by atoms with Gasteiger partial charge in [0.1, 0.15) is 0 Å². The average Bonchev–Trinajstić information content (AvgIpc) is 3.03. The second-order valence-corrected chi connectivity index (χ2v) is 6.66. The SMILES string of the molecule is Cc1[nH]c2ccccc2c1C(=O)[C@@H](C)OC(=O)CCNC(=O)Nc1ccccc1. The zero-order chi connectivity index (χ0) is 20.8. The van der Waals surface area contributed by atoms with E-state index >= 15 is 0 Å². The summed E-state index contributed by atoms with van der Waals surface area (Å²) in [6.07, 6.45) is -0.953. The molecule has 3 aromatic rings. The second-order valence-electron chi connectivity index (χ2n) is 6.66. The number of carbonyl (C=O) groups is 3. The van der Waals surface area contributed by atoms with Gasteiger partial charge in [0, 0.05) is 34.4 Å². The third-order valence-electron chi connectivity index (χ3n) is 4.46. The molecule has 0 saturated carbocycles. The Morgan fingerprint density at radius 2 is 1.72 bits per heavy atom. The summed E-state index contributed by atoms with van der Waals surface area (Å²) in [5.41, 5.74) is 2.78. The van der Waals surface area contributed by atoms with Crippen molar-refractivity contribution in [2.45, 2.75) is 26.4 Å². The fourth-order valence-corrected chi connectivity index (χ4v) is 3.08. The highest BCUT2D eigenvalue weighted by molar-refractivity contribution is 6.11. The fraction of sp³-hybridized carbons (Fsp3) is 0.227. The maximum Gasteiger partial charge on any atom is 0.319 e. The van der Waals surface area contributed by atoms with Crippen molar-refractivity contribution in [2.75, 3.05) is 11.9 Å². The number of aromatic nitrogens is 1. The lowest BCUT2D eigenvalue weighted by molar-refractivity contribution is -0.146. The average molecular weight is 393 g/mol. The number of fused-ring (bicyclic) bond motifs is 1. The van der Waals surface area contributed by atoms with Crippen LogP contribution in [0.15, 0.2) is 54.6 Å². The highest BCUT2D eigenvalue weighted by Gasteiger charge is 2.24. The van der Waals surface area contributed by atoms with E-state index in [2.05, 4.69) is 15.6 Å². The van der Waals surface area contributed by atoms with Crippen molar-refractivity contribution in [2.24, 2.45) is 0 Å². The maximum atomic E-state index is 12.8. The molecule has 1 atom stereocenters. The molecule has 1 heterocycles. The van der Waals surface area contributed by atoms with Gasteiger partial charge in [-0.1, -0.05) is 36.4 Å². The molecule has 7 heteroatoms. The lowest BCUT2D eigenvalue weighted by Gasteiger charge is -2.13. The monoisotopic (exact) mass is 393 g/mol. The molecule has 2 aromatic carbocycles. The Balaban J connectivity index is 1.49. The lowest BCUT2D eigenvalue weighted by atomic mass is 10.0.